The maximum absolute atomic E-state index is 15.5. The van der Waals surface area contributed by atoms with Crippen LogP contribution in [0.2, 0.25) is 0 Å². The van der Waals surface area contributed by atoms with Crippen molar-refractivity contribution < 1.29 is 47.0 Å². The Bertz CT molecular complexity index is 1010. The molecular weight excluding hydrogens is 500 g/mol. The number of halogens is 1. The zero-order valence-corrected chi connectivity index (χ0v) is 21.3. The zero-order valence-electron chi connectivity index (χ0n) is 20.4. The molecule has 0 aliphatic carbocycles. The molecule has 2 fully saturated rings. The number of aliphatic hydroxyl groups is 1. The number of ether oxygens (including phenoxy) is 2. The van der Waals surface area contributed by atoms with Gasteiger partial charge in [-0.3, -0.25) is 24.3 Å². The van der Waals surface area contributed by atoms with Gasteiger partial charge in [0.15, 0.2) is 11.9 Å². The molecule has 6 atom stereocenters. The van der Waals surface area contributed by atoms with E-state index in [1.807, 2.05) is 0 Å². The number of nitrogens with zero attached hydrogens (tertiary/aromatic N) is 1. The van der Waals surface area contributed by atoms with Crippen LogP contribution in [0.5, 0.6) is 5.75 Å². The molecule has 2 aliphatic heterocycles. The van der Waals surface area contributed by atoms with E-state index in [0.717, 1.165) is 11.8 Å². The van der Waals surface area contributed by atoms with Gasteiger partial charge in [0.1, 0.15) is 24.0 Å². The van der Waals surface area contributed by atoms with Crippen molar-refractivity contribution in [2.75, 3.05) is 13.2 Å². The van der Waals surface area contributed by atoms with Gasteiger partial charge in [0.25, 0.3) is 0 Å². The van der Waals surface area contributed by atoms with E-state index in [0.29, 0.717) is 0 Å². The second-order valence-corrected chi connectivity index (χ2v) is 10.6. The highest BCUT2D eigenvalue weighted by Gasteiger charge is 2.58. The molecular formula is C22H31FN3O9P. The van der Waals surface area contributed by atoms with E-state index in [1.54, 1.807) is 32.0 Å². The Labute approximate surface area is 208 Å². The van der Waals surface area contributed by atoms with Crippen LogP contribution in [0, 0.1) is 0 Å². The molecule has 3 amide bonds. The zero-order chi connectivity index (χ0) is 26.7. The van der Waals surface area contributed by atoms with Crippen molar-refractivity contribution in [3.63, 3.8) is 0 Å². The van der Waals surface area contributed by atoms with Gasteiger partial charge in [0, 0.05) is 13.0 Å². The maximum atomic E-state index is 15.5. The molecule has 0 aromatic heterocycles. The van der Waals surface area contributed by atoms with E-state index in [-0.39, 0.29) is 18.7 Å². The largest absolute Gasteiger partial charge is 0.462 e. The molecule has 14 heteroatoms. The van der Waals surface area contributed by atoms with Crippen molar-refractivity contribution in [2.45, 2.75) is 70.4 Å². The van der Waals surface area contributed by atoms with Crippen molar-refractivity contribution in [2.24, 2.45) is 0 Å². The first-order valence-corrected chi connectivity index (χ1v) is 13.0. The Morgan fingerprint density at radius 3 is 2.61 bits per heavy atom. The summed E-state index contributed by atoms with van der Waals surface area (Å²) in [6.45, 7) is 5.04. The summed E-state index contributed by atoms with van der Waals surface area (Å²) >= 11 is 0. The monoisotopic (exact) mass is 531 g/mol. The van der Waals surface area contributed by atoms with Gasteiger partial charge in [-0.05, 0) is 39.8 Å². The van der Waals surface area contributed by atoms with E-state index in [9.17, 15) is 24.1 Å². The number of alkyl halides is 1. The van der Waals surface area contributed by atoms with Crippen molar-refractivity contribution in [1.29, 1.82) is 0 Å². The molecule has 0 saturated carbocycles. The summed E-state index contributed by atoms with van der Waals surface area (Å²) in [5.74, 6) is -1.05. The minimum atomic E-state index is -4.29. The summed E-state index contributed by atoms with van der Waals surface area (Å²) in [5.41, 5.74) is -2.43. The Morgan fingerprint density at radius 1 is 1.33 bits per heavy atom. The average Bonchev–Trinajstić information content (AvgIpc) is 3.01. The van der Waals surface area contributed by atoms with Crippen LogP contribution < -0.4 is 14.9 Å². The Kier molecular flexibility index (Phi) is 8.73. The Hall–Kier alpha value is -2.57. The molecule has 1 aromatic carbocycles. The van der Waals surface area contributed by atoms with Gasteiger partial charge in [0.2, 0.25) is 5.91 Å². The molecule has 2 saturated heterocycles. The highest BCUT2D eigenvalue weighted by Crippen LogP contribution is 2.46. The van der Waals surface area contributed by atoms with Crippen LogP contribution in [-0.2, 0) is 28.2 Å². The number of carbonyl (C=O) groups excluding carboxylic acids is 3. The molecule has 2 aliphatic rings. The maximum Gasteiger partial charge on any atom is 0.459 e. The summed E-state index contributed by atoms with van der Waals surface area (Å²) in [4.78, 5) is 36.8. The average molecular weight is 531 g/mol. The molecule has 0 radical (unpaired) electrons. The lowest BCUT2D eigenvalue weighted by molar-refractivity contribution is -0.149. The normalized spacial score (nSPS) is 29.0. The van der Waals surface area contributed by atoms with Crippen LogP contribution in [-0.4, -0.2) is 77.3 Å². The summed E-state index contributed by atoms with van der Waals surface area (Å²) in [6.07, 6.45) is -5.14. The van der Waals surface area contributed by atoms with Gasteiger partial charge in [-0.15, -0.1) is 0 Å². The van der Waals surface area contributed by atoms with Crippen LogP contribution in [0.1, 0.15) is 34.1 Å². The van der Waals surface area contributed by atoms with Crippen molar-refractivity contribution >= 4 is 25.7 Å². The van der Waals surface area contributed by atoms with Gasteiger partial charge < -0.3 is 19.1 Å². The van der Waals surface area contributed by atoms with Crippen molar-refractivity contribution in [3.8, 4) is 5.75 Å². The lowest BCUT2D eigenvalue weighted by atomic mass is 9.97. The number of aliphatic hydroxyl groups excluding tert-OH is 1. The third kappa shape index (κ3) is 6.60. The summed E-state index contributed by atoms with van der Waals surface area (Å²) in [6, 6.07) is 6.04. The highest BCUT2D eigenvalue weighted by atomic mass is 31.2. The molecule has 1 aromatic rings. The smallest absolute Gasteiger partial charge is 0.459 e. The van der Waals surface area contributed by atoms with Gasteiger partial charge in [0.05, 0.1) is 12.7 Å². The van der Waals surface area contributed by atoms with Crippen LogP contribution in [0.4, 0.5) is 9.18 Å². The fourth-order valence-electron chi connectivity index (χ4n) is 3.70. The fraction of sp³-hybridized carbons (Fsp3) is 0.591. The van der Waals surface area contributed by atoms with E-state index >= 15 is 4.39 Å². The van der Waals surface area contributed by atoms with E-state index < -0.39 is 68.5 Å². The van der Waals surface area contributed by atoms with Crippen LogP contribution in [0.3, 0.4) is 0 Å². The molecule has 3 N–H and O–H groups in total. The van der Waals surface area contributed by atoms with E-state index in [1.165, 1.54) is 19.1 Å². The fourth-order valence-corrected chi connectivity index (χ4v) is 5.20. The van der Waals surface area contributed by atoms with Gasteiger partial charge in [-0.1, -0.05) is 18.2 Å². The first-order chi connectivity index (χ1) is 16.8. The lowest BCUT2D eigenvalue weighted by Crippen LogP contribution is -2.59. The summed E-state index contributed by atoms with van der Waals surface area (Å²) < 4.78 is 50.7. The predicted octanol–water partition coefficient (Wildman–Crippen LogP) is 1.88. The Morgan fingerprint density at radius 2 is 2.00 bits per heavy atom. The van der Waals surface area contributed by atoms with Crippen LogP contribution in [0.15, 0.2) is 30.3 Å². The van der Waals surface area contributed by atoms with Gasteiger partial charge in [-0.2, -0.15) is 5.09 Å². The SMILES string of the molecule is CC(C)OC(=O)[C@H](C)NP(=O)(OC[C@H]1O[C@@H](N2CCC(=O)NC2=O)[C@](C)(F)[C@@H]1O)Oc1ccccc1. The number of benzene rings is 1. The number of urea groups is 1. The summed E-state index contributed by atoms with van der Waals surface area (Å²) in [5, 5.41) is 15.1. The lowest BCUT2D eigenvalue weighted by Gasteiger charge is -2.35. The third-order valence-electron chi connectivity index (χ3n) is 5.52. The number of carbonyl (C=O) groups is 3. The first-order valence-electron chi connectivity index (χ1n) is 11.4. The second-order valence-electron chi connectivity index (χ2n) is 8.95. The minimum Gasteiger partial charge on any atom is -0.462 e. The number of nitrogens with one attached hydrogen (secondary N) is 2. The molecule has 2 heterocycles. The number of imide groups is 1. The highest BCUT2D eigenvalue weighted by molar-refractivity contribution is 7.52. The van der Waals surface area contributed by atoms with E-state index in [2.05, 4.69) is 10.4 Å². The number of para-hydroxylation sites is 1. The molecule has 0 bridgehead atoms. The molecule has 1 unspecified atom stereocenters. The quantitative estimate of drug-likeness (QED) is 0.301. The summed E-state index contributed by atoms with van der Waals surface area (Å²) in [7, 11) is -4.29. The van der Waals surface area contributed by atoms with Crippen molar-refractivity contribution in [3.05, 3.63) is 30.3 Å². The molecule has 3 rings (SSSR count). The topological polar surface area (TPSA) is 153 Å². The second kappa shape index (κ2) is 11.2. The predicted molar refractivity (Wildman–Crippen MR) is 123 cm³/mol. The first kappa shape index (κ1) is 28.0. The van der Waals surface area contributed by atoms with E-state index in [4.69, 9.17) is 18.5 Å². The number of hydrogen-bond donors (Lipinski definition) is 3. The Balaban J connectivity index is 1.74. The van der Waals surface area contributed by atoms with Crippen molar-refractivity contribution in [1.82, 2.24) is 15.3 Å². The number of esters is 1. The van der Waals surface area contributed by atoms with Crippen LogP contribution in [0.25, 0.3) is 0 Å². The molecule has 12 nitrogen and oxygen atoms in total. The number of hydrogen-bond acceptors (Lipinski definition) is 9. The number of amides is 3. The van der Waals surface area contributed by atoms with Gasteiger partial charge >= 0.3 is 19.7 Å². The van der Waals surface area contributed by atoms with Gasteiger partial charge in [-0.25, -0.2) is 13.8 Å². The molecule has 200 valence electrons. The standard InChI is InChI=1S/C22H31FN3O9P/c1-13(2)33-19(29)14(3)25-36(31,35-15-8-6-5-7-9-15)32-12-16-18(28)22(4,23)20(34-16)26-11-10-17(27)24-21(26)30/h5-9,13-14,16,18,20,28H,10-12H2,1-4H3,(H,25,31)(H,24,27,30)/t14-,16+,18+,20+,22+,36?/m0/s1. The van der Waals surface area contributed by atoms with Crippen LogP contribution >= 0.6 is 7.75 Å². The molecule has 36 heavy (non-hydrogen) atoms. The number of rotatable bonds is 10. The minimum absolute atomic E-state index is 0.0622. The third-order valence-corrected chi connectivity index (χ3v) is 7.17. The molecule has 0 spiro atoms.